The molecule has 3 aliphatic rings. The molecule has 2 aliphatic carbocycles. The molecule has 1 aliphatic heterocycles. The molecule has 0 spiro atoms. The Labute approximate surface area is 122 Å². The van der Waals surface area contributed by atoms with Gasteiger partial charge in [-0.25, -0.2) is 0 Å². The summed E-state index contributed by atoms with van der Waals surface area (Å²) in [6.07, 6.45) is 6.74. The molecule has 20 heavy (non-hydrogen) atoms. The molecule has 2 bridgehead atoms. The van der Waals surface area contributed by atoms with Gasteiger partial charge in [0, 0.05) is 19.1 Å². The van der Waals surface area contributed by atoms with Crippen LogP contribution in [0.3, 0.4) is 0 Å². The van der Waals surface area contributed by atoms with Crippen molar-refractivity contribution < 1.29 is 8.42 Å². The molecule has 3 fully saturated rings. The molecule has 2 N–H and O–H groups in total. The molecule has 1 saturated heterocycles. The second-order valence-electron chi connectivity index (χ2n) is 6.80. The standard InChI is InChI=1S/C14H27N3O2S/c1-15-10-11-4-6-17(7-5-11)20(18,19)16-14-9-12-2-3-13(14)8-12/h11-16H,2-10H2,1H3. The molecule has 0 radical (unpaired) electrons. The van der Waals surface area contributed by atoms with Gasteiger partial charge in [-0.1, -0.05) is 6.42 Å². The third-order valence-electron chi connectivity index (χ3n) is 5.44. The van der Waals surface area contributed by atoms with E-state index in [2.05, 4.69) is 10.0 Å². The first-order chi connectivity index (χ1) is 9.58. The van der Waals surface area contributed by atoms with Crippen LogP contribution in [0.1, 0.15) is 38.5 Å². The number of nitrogens with one attached hydrogen (secondary N) is 2. The predicted octanol–water partition coefficient (Wildman–Crippen LogP) is 0.941. The van der Waals surface area contributed by atoms with Crippen LogP contribution in [-0.4, -0.2) is 45.4 Å². The van der Waals surface area contributed by atoms with Crippen LogP contribution in [0.15, 0.2) is 0 Å². The average molecular weight is 301 g/mol. The Bertz CT molecular complexity index is 432. The summed E-state index contributed by atoms with van der Waals surface area (Å²) in [5, 5.41) is 3.18. The van der Waals surface area contributed by atoms with Gasteiger partial charge in [0.15, 0.2) is 0 Å². The van der Waals surface area contributed by atoms with Gasteiger partial charge in [0.05, 0.1) is 0 Å². The zero-order valence-electron chi connectivity index (χ0n) is 12.3. The molecular formula is C14H27N3O2S. The van der Waals surface area contributed by atoms with Crippen LogP contribution in [0.25, 0.3) is 0 Å². The van der Waals surface area contributed by atoms with Crippen LogP contribution in [0.2, 0.25) is 0 Å². The highest BCUT2D eigenvalue weighted by Crippen LogP contribution is 2.44. The number of rotatable bonds is 5. The van der Waals surface area contributed by atoms with Gasteiger partial charge in [-0.15, -0.1) is 0 Å². The second-order valence-corrected chi connectivity index (χ2v) is 8.51. The summed E-state index contributed by atoms with van der Waals surface area (Å²) in [4.78, 5) is 0. The van der Waals surface area contributed by atoms with Crippen molar-refractivity contribution in [1.29, 1.82) is 0 Å². The van der Waals surface area contributed by atoms with Gasteiger partial charge in [-0.05, 0) is 63.5 Å². The first-order valence-corrected chi connectivity index (χ1v) is 9.44. The minimum atomic E-state index is -3.26. The van der Waals surface area contributed by atoms with E-state index in [-0.39, 0.29) is 6.04 Å². The maximum Gasteiger partial charge on any atom is 0.279 e. The highest BCUT2D eigenvalue weighted by Gasteiger charge is 2.42. The van der Waals surface area contributed by atoms with E-state index in [4.69, 9.17) is 0 Å². The van der Waals surface area contributed by atoms with Gasteiger partial charge in [0.2, 0.25) is 0 Å². The molecule has 0 amide bonds. The maximum atomic E-state index is 12.5. The number of nitrogens with zero attached hydrogens (tertiary/aromatic N) is 1. The smallest absolute Gasteiger partial charge is 0.279 e. The van der Waals surface area contributed by atoms with Crippen LogP contribution in [0.4, 0.5) is 0 Å². The first-order valence-electron chi connectivity index (χ1n) is 8.00. The van der Waals surface area contributed by atoms with Crippen LogP contribution < -0.4 is 10.0 Å². The summed E-state index contributed by atoms with van der Waals surface area (Å²) >= 11 is 0. The fourth-order valence-electron chi connectivity index (χ4n) is 4.30. The van der Waals surface area contributed by atoms with Gasteiger partial charge >= 0.3 is 0 Å². The highest BCUT2D eigenvalue weighted by atomic mass is 32.2. The van der Waals surface area contributed by atoms with Gasteiger partial charge in [-0.2, -0.15) is 17.4 Å². The third-order valence-corrected chi connectivity index (χ3v) is 7.09. The van der Waals surface area contributed by atoms with Crippen LogP contribution in [0.5, 0.6) is 0 Å². The Morgan fingerprint density at radius 2 is 1.85 bits per heavy atom. The predicted molar refractivity (Wildman–Crippen MR) is 79.5 cm³/mol. The zero-order chi connectivity index (χ0) is 14.2. The number of hydrogen-bond acceptors (Lipinski definition) is 3. The fraction of sp³-hybridized carbons (Fsp3) is 1.00. The molecule has 5 nitrogen and oxygen atoms in total. The van der Waals surface area contributed by atoms with E-state index < -0.39 is 10.2 Å². The van der Waals surface area contributed by atoms with Gasteiger partial charge in [0.1, 0.15) is 0 Å². The van der Waals surface area contributed by atoms with Crippen molar-refractivity contribution in [2.24, 2.45) is 17.8 Å². The van der Waals surface area contributed by atoms with E-state index in [0.29, 0.717) is 24.9 Å². The fourth-order valence-corrected chi connectivity index (χ4v) is 5.81. The van der Waals surface area contributed by atoms with Gasteiger partial charge in [-0.3, -0.25) is 0 Å². The lowest BCUT2D eigenvalue weighted by Gasteiger charge is -2.33. The largest absolute Gasteiger partial charge is 0.319 e. The van der Waals surface area contributed by atoms with E-state index in [9.17, 15) is 8.42 Å². The van der Waals surface area contributed by atoms with Crippen molar-refractivity contribution in [2.45, 2.75) is 44.6 Å². The lowest BCUT2D eigenvalue weighted by molar-refractivity contribution is 0.264. The molecular weight excluding hydrogens is 274 g/mol. The van der Waals surface area contributed by atoms with Crippen LogP contribution in [-0.2, 0) is 10.2 Å². The Hall–Kier alpha value is -0.170. The van der Waals surface area contributed by atoms with E-state index in [1.165, 1.54) is 19.3 Å². The molecule has 3 rings (SSSR count). The first kappa shape index (κ1) is 14.8. The second kappa shape index (κ2) is 5.91. The SMILES string of the molecule is CNCC1CCN(S(=O)(=O)NC2CC3CCC2C3)CC1. The molecule has 3 unspecified atom stereocenters. The molecule has 3 atom stereocenters. The topological polar surface area (TPSA) is 61.4 Å². The Morgan fingerprint density at radius 1 is 1.10 bits per heavy atom. The van der Waals surface area contributed by atoms with Crippen molar-refractivity contribution in [3.05, 3.63) is 0 Å². The quantitative estimate of drug-likeness (QED) is 0.794. The number of hydrogen-bond donors (Lipinski definition) is 2. The van der Waals surface area contributed by atoms with E-state index >= 15 is 0 Å². The van der Waals surface area contributed by atoms with Crippen molar-refractivity contribution in [3.63, 3.8) is 0 Å². The molecule has 1 heterocycles. The molecule has 0 aromatic heterocycles. The summed E-state index contributed by atoms with van der Waals surface area (Å²) in [6, 6.07) is 0.203. The minimum Gasteiger partial charge on any atom is -0.319 e. The monoisotopic (exact) mass is 301 g/mol. The molecule has 6 heteroatoms. The summed E-state index contributed by atoms with van der Waals surface area (Å²) in [5.41, 5.74) is 0. The van der Waals surface area contributed by atoms with E-state index in [1.807, 2.05) is 7.05 Å². The lowest BCUT2D eigenvalue weighted by atomic mass is 9.96. The van der Waals surface area contributed by atoms with Crippen molar-refractivity contribution in [3.8, 4) is 0 Å². The summed E-state index contributed by atoms with van der Waals surface area (Å²) in [7, 11) is -1.31. The van der Waals surface area contributed by atoms with Gasteiger partial charge < -0.3 is 5.32 Å². The average Bonchev–Trinajstić information content (AvgIpc) is 3.01. The van der Waals surface area contributed by atoms with Crippen molar-refractivity contribution in [2.75, 3.05) is 26.7 Å². The lowest BCUT2D eigenvalue weighted by Crippen LogP contribution is -2.50. The Kier molecular flexibility index (Phi) is 4.36. The van der Waals surface area contributed by atoms with Crippen LogP contribution >= 0.6 is 0 Å². The zero-order valence-corrected chi connectivity index (χ0v) is 13.2. The summed E-state index contributed by atoms with van der Waals surface area (Å²) in [5.74, 6) is 1.99. The molecule has 0 aromatic carbocycles. The molecule has 0 aromatic rings. The molecule has 2 saturated carbocycles. The highest BCUT2D eigenvalue weighted by molar-refractivity contribution is 7.87. The van der Waals surface area contributed by atoms with E-state index in [0.717, 1.165) is 31.7 Å². The maximum absolute atomic E-state index is 12.5. The Balaban J connectivity index is 1.54. The van der Waals surface area contributed by atoms with Gasteiger partial charge in [0.25, 0.3) is 10.2 Å². The minimum absolute atomic E-state index is 0.203. The van der Waals surface area contributed by atoms with E-state index in [1.54, 1.807) is 4.31 Å². The third kappa shape index (κ3) is 3.03. The number of piperidine rings is 1. The van der Waals surface area contributed by atoms with Crippen molar-refractivity contribution in [1.82, 2.24) is 14.3 Å². The normalized spacial score (nSPS) is 35.8. The summed E-state index contributed by atoms with van der Waals surface area (Å²) < 4.78 is 29.6. The van der Waals surface area contributed by atoms with Crippen molar-refractivity contribution >= 4 is 10.2 Å². The number of fused-ring (bicyclic) bond motifs is 2. The molecule has 116 valence electrons. The van der Waals surface area contributed by atoms with Crippen LogP contribution in [0, 0.1) is 17.8 Å². The summed E-state index contributed by atoms with van der Waals surface area (Å²) in [6.45, 7) is 2.33. The Morgan fingerprint density at radius 3 is 2.40 bits per heavy atom.